The Morgan fingerprint density at radius 3 is 2.85 bits per heavy atom. The summed E-state index contributed by atoms with van der Waals surface area (Å²) in [6.45, 7) is 10.2. The minimum Gasteiger partial charge on any atom is -0.365 e. The molecule has 0 atom stereocenters. The summed E-state index contributed by atoms with van der Waals surface area (Å²) in [6.07, 6.45) is 4.44. The number of rotatable bonds is 6. The van der Waals surface area contributed by atoms with Gasteiger partial charge in [0.2, 0.25) is 0 Å². The molecule has 6 heteroatoms. The zero-order chi connectivity index (χ0) is 14.4. The Balaban J connectivity index is 1.79. The van der Waals surface area contributed by atoms with Crippen molar-refractivity contribution in [1.29, 1.82) is 0 Å². The van der Waals surface area contributed by atoms with Gasteiger partial charge in [0.15, 0.2) is 5.82 Å². The Hall–Kier alpha value is -1.40. The van der Waals surface area contributed by atoms with Crippen LogP contribution in [0, 0.1) is 0 Å². The number of hydrogen-bond acceptors (Lipinski definition) is 5. The van der Waals surface area contributed by atoms with Gasteiger partial charge in [0.25, 0.3) is 5.56 Å². The van der Waals surface area contributed by atoms with Gasteiger partial charge in [-0.3, -0.25) is 4.79 Å². The van der Waals surface area contributed by atoms with E-state index in [9.17, 15) is 4.79 Å². The molecule has 0 radical (unpaired) electrons. The normalized spacial score (nSPS) is 16.6. The molecule has 1 aliphatic rings. The van der Waals surface area contributed by atoms with Crippen molar-refractivity contribution in [3.63, 3.8) is 0 Å². The third-order valence-electron chi connectivity index (χ3n) is 3.58. The Bertz CT molecular complexity index is 465. The van der Waals surface area contributed by atoms with E-state index in [1.807, 2.05) is 13.8 Å². The summed E-state index contributed by atoms with van der Waals surface area (Å²) in [5.41, 5.74) is -0.0373. The fraction of sp³-hybridized carbons (Fsp3) is 0.714. The highest BCUT2D eigenvalue weighted by molar-refractivity contribution is 5.30. The topological polar surface area (TPSA) is 62.2 Å². The van der Waals surface area contributed by atoms with Crippen LogP contribution in [0.3, 0.4) is 0 Å². The molecule has 1 fully saturated rings. The van der Waals surface area contributed by atoms with Crippen molar-refractivity contribution in [3.8, 4) is 0 Å². The van der Waals surface area contributed by atoms with E-state index < -0.39 is 0 Å². The maximum Gasteiger partial charge on any atom is 0.293 e. The van der Waals surface area contributed by atoms with Crippen LogP contribution in [0.2, 0.25) is 0 Å². The maximum atomic E-state index is 12.1. The molecule has 2 N–H and O–H groups in total. The van der Waals surface area contributed by atoms with E-state index in [0.29, 0.717) is 5.82 Å². The fourth-order valence-electron chi connectivity index (χ4n) is 2.40. The summed E-state index contributed by atoms with van der Waals surface area (Å²) in [6, 6.07) is 0.159. The largest absolute Gasteiger partial charge is 0.365 e. The SMILES string of the molecule is CC(C)n1ccnc(NCCCN2CCNCC2)c1=O. The predicted molar refractivity (Wildman–Crippen MR) is 81.3 cm³/mol. The molecule has 1 saturated heterocycles. The molecule has 20 heavy (non-hydrogen) atoms. The Morgan fingerprint density at radius 1 is 1.40 bits per heavy atom. The first-order valence-corrected chi connectivity index (χ1v) is 7.42. The highest BCUT2D eigenvalue weighted by Gasteiger charge is 2.09. The first-order chi connectivity index (χ1) is 9.68. The molecule has 1 aromatic heterocycles. The third kappa shape index (κ3) is 4.05. The molecule has 0 bridgehead atoms. The average Bonchev–Trinajstić information content (AvgIpc) is 2.46. The molecule has 2 heterocycles. The molecule has 0 spiro atoms. The van der Waals surface area contributed by atoms with Crippen LogP contribution < -0.4 is 16.2 Å². The summed E-state index contributed by atoms with van der Waals surface area (Å²) >= 11 is 0. The second-order valence-corrected chi connectivity index (χ2v) is 5.45. The Kier molecular flexibility index (Phi) is 5.55. The van der Waals surface area contributed by atoms with Crippen LogP contribution in [0.15, 0.2) is 17.2 Å². The van der Waals surface area contributed by atoms with Crippen molar-refractivity contribution in [2.24, 2.45) is 0 Å². The molecule has 2 rings (SSSR count). The lowest BCUT2D eigenvalue weighted by Gasteiger charge is -2.27. The summed E-state index contributed by atoms with van der Waals surface area (Å²) in [7, 11) is 0. The highest BCUT2D eigenvalue weighted by atomic mass is 16.1. The van der Waals surface area contributed by atoms with E-state index in [2.05, 4.69) is 20.5 Å². The minimum absolute atomic E-state index is 0.0373. The van der Waals surface area contributed by atoms with E-state index in [-0.39, 0.29) is 11.6 Å². The zero-order valence-corrected chi connectivity index (χ0v) is 12.4. The monoisotopic (exact) mass is 279 g/mol. The van der Waals surface area contributed by atoms with Gasteiger partial charge in [0, 0.05) is 51.2 Å². The molecule has 1 aliphatic heterocycles. The van der Waals surface area contributed by atoms with Crippen molar-refractivity contribution in [1.82, 2.24) is 19.8 Å². The van der Waals surface area contributed by atoms with Crippen LogP contribution in [0.4, 0.5) is 5.82 Å². The number of anilines is 1. The van der Waals surface area contributed by atoms with Crippen molar-refractivity contribution in [3.05, 3.63) is 22.7 Å². The molecule has 112 valence electrons. The van der Waals surface area contributed by atoms with Crippen LogP contribution in [0.25, 0.3) is 0 Å². The standard InChI is InChI=1S/C14H25N5O/c1-12(2)19-11-7-17-13(14(19)20)16-4-3-8-18-9-5-15-6-10-18/h7,11-12,15H,3-6,8-10H2,1-2H3,(H,16,17). The summed E-state index contributed by atoms with van der Waals surface area (Å²) in [4.78, 5) is 18.7. The van der Waals surface area contributed by atoms with Gasteiger partial charge in [-0.2, -0.15) is 0 Å². The molecule has 0 aromatic carbocycles. The van der Waals surface area contributed by atoms with Gasteiger partial charge in [0.1, 0.15) is 0 Å². The molecular formula is C14H25N5O. The zero-order valence-electron chi connectivity index (χ0n) is 12.4. The summed E-state index contributed by atoms with van der Waals surface area (Å²) in [5, 5.41) is 6.50. The molecular weight excluding hydrogens is 254 g/mol. The smallest absolute Gasteiger partial charge is 0.293 e. The van der Waals surface area contributed by atoms with Gasteiger partial charge in [-0.15, -0.1) is 0 Å². The van der Waals surface area contributed by atoms with E-state index >= 15 is 0 Å². The van der Waals surface area contributed by atoms with Crippen LogP contribution in [-0.4, -0.2) is 53.7 Å². The molecule has 0 unspecified atom stereocenters. The van der Waals surface area contributed by atoms with Crippen LogP contribution >= 0.6 is 0 Å². The highest BCUT2D eigenvalue weighted by Crippen LogP contribution is 2.02. The first kappa shape index (κ1) is 15.0. The van der Waals surface area contributed by atoms with E-state index in [1.54, 1.807) is 17.0 Å². The predicted octanol–water partition coefficient (Wildman–Crippen LogP) is 0.531. The number of aromatic nitrogens is 2. The average molecular weight is 279 g/mol. The van der Waals surface area contributed by atoms with E-state index in [4.69, 9.17) is 0 Å². The molecule has 6 nitrogen and oxygen atoms in total. The van der Waals surface area contributed by atoms with Crippen molar-refractivity contribution in [2.45, 2.75) is 26.3 Å². The number of hydrogen-bond donors (Lipinski definition) is 2. The number of piperazine rings is 1. The quantitative estimate of drug-likeness (QED) is 0.744. The van der Waals surface area contributed by atoms with Gasteiger partial charge in [0.05, 0.1) is 0 Å². The van der Waals surface area contributed by atoms with Crippen molar-refractivity contribution in [2.75, 3.05) is 44.6 Å². The Labute approximate surface area is 120 Å². The van der Waals surface area contributed by atoms with Gasteiger partial charge in [-0.25, -0.2) is 4.98 Å². The second-order valence-electron chi connectivity index (χ2n) is 5.45. The summed E-state index contributed by atoms with van der Waals surface area (Å²) < 4.78 is 1.70. The van der Waals surface area contributed by atoms with Crippen LogP contribution in [-0.2, 0) is 0 Å². The molecule has 0 aliphatic carbocycles. The molecule has 0 amide bonds. The molecule has 0 saturated carbocycles. The van der Waals surface area contributed by atoms with Gasteiger partial charge in [-0.05, 0) is 26.8 Å². The second kappa shape index (κ2) is 7.40. The first-order valence-electron chi connectivity index (χ1n) is 7.42. The lowest BCUT2D eigenvalue weighted by atomic mass is 10.3. The van der Waals surface area contributed by atoms with E-state index in [0.717, 1.165) is 45.7 Å². The van der Waals surface area contributed by atoms with Gasteiger partial charge in [-0.1, -0.05) is 0 Å². The summed E-state index contributed by atoms with van der Waals surface area (Å²) in [5.74, 6) is 0.460. The van der Waals surface area contributed by atoms with E-state index in [1.165, 1.54) is 0 Å². The van der Waals surface area contributed by atoms with Crippen molar-refractivity contribution >= 4 is 5.82 Å². The lowest BCUT2D eigenvalue weighted by Crippen LogP contribution is -2.44. The minimum atomic E-state index is -0.0373. The molecule has 1 aromatic rings. The number of nitrogens with one attached hydrogen (secondary N) is 2. The maximum absolute atomic E-state index is 12.1. The van der Waals surface area contributed by atoms with Crippen LogP contribution in [0.5, 0.6) is 0 Å². The van der Waals surface area contributed by atoms with Gasteiger partial charge < -0.3 is 20.1 Å². The fourth-order valence-corrected chi connectivity index (χ4v) is 2.40. The Morgan fingerprint density at radius 2 is 2.15 bits per heavy atom. The lowest BCUT2D eigenvalue weighted by molar-refractivity contribution is 0.240. The van der Waals surface area contributed by atoms with Crippen molar-refractivity contribution < 1.29 is 0 Å². The number of nitrogens with zero attached hydrogens (tertiary/aromatic N) is 3. The third-order valence-corrected chi connectivity index (χ3v) is 3.58. The van der Waals surface area contributed by atoms with Crippen LogP contribution in [0.1, 0.15) is 26.3 Å². The van der Waals surface area contributed by atoms with Gasteiger partial charge >= 0.3 is 0 Å².